The fourth-order valence-electron chi connectivity index (χ4n) is 3.73. The van der Waals surface area contributed by atoms with Crippen LogP contribution in [0.5, 0.6) is 0 Å². The van der Waals surface area contributed by atoms with Crippen molar-refractivity contribution in [1.29, 1.82) is 0 Å². The lowest BCUT2D eigenvalue weighted by Gasteiger charge is -2.39. The molecule has 0 aliphatic rings. The highest BCUT2D eigenvalue weighted by Crippen LogP contribution is 2.54. The lowest BCUT2D eigenvalue weighted by Crippen LogP contribution is -2.46. The van der Waals surface area contributed by atoms with Gasteiger partial charge in [0.2, 0.25) is 0 Å². The van der Waals surface area contributed by atoms with Gasteiger partial charge in [0.1, 0.15) is 7.14 Å². The summed E-state index contributed by atoms with van der Waals surface area (Å²) >= 11 is 0. The summed E-state index contributed by atoms with van der Waals surface area (Å²) in [7, 11) is -4.26. The minimum absolute atomic E-state index is 0.241. The van der Waals surface area contributed by atoms with Gasteiger partial charge in [0, 0.05) is 15.9 Å². The molecule has 0 fully saturated rings. The van der Waals surface area contributed by atoms with E-state index in [4.69, 9.17) is 0 Å². The van der Waals surface area contributed by atoms with Crippen molar-refractivity contribution >= 4 is 25.8 Å². The predicted octanol–water partition coefficient (Wildman–Crippen LogP) is 4.90. The summed E-state index contributed by atoms with van der Waals surface area (Å²) < 4.78 is 14.4. The van der Waals surface area contributed by atoms with Gasteiger partial charge in [-0.15, -0.1) is 0 Å². The Morgan fingerprint density at radius 2 is 1.14 bits per heavy atom. The summed E-state index contributed by atoms with van der Waals surface area (Å²) in [5.41, 5.74) is 0. The maximum absolute atomic E-state index is 14.4. The van der Waals surface area contributed by atoms with Gasteiger partial charge >= 0.3 is 0 Å². The molecule has 0 saturated heterocycles. The van der Waals surface area contributed by atoms with Gasteiger partial charge in [0.15, 0.2) is 0 Å². The van der Waals surface area contributed by atoms with Crippen molar-refractivity contribution in [3.63, 3.8) is 0 Å². The predicted molar refractivity (Wildman–Crippen MR) is 102 cm³/mol. The summed E-state index contributed by atoms with van der Waals surface area (Å²) in [6.45, 7) is 11.5. The third kappa shape index (κ3) is 3.29. The largest absolute Gasteiger partial charge is 0.314 e. The maximum Gasteiger partial charge on any atom is 0.143 e. The second-order valence-electron chi connectivity index (χ2n) is 7.38. The Hall–Kier alpha value is -1.11. The molecule has 0 aliphatic carbocycles. The van der Waals surface area contributed by atoms with Crippen LogP contribution in [-0.2, 0) is 4.57 Å². The van der Waals surface area contributed by atoms with Crippen LogP contribution in [0.1, 0.15) is 13.8 Å². The second-order valence-corrected chi connectivity index (χ2v) is 16.1. The molecule has 1 atom stereocenters. The molecule has 0 spiro atoms. The number of hydrogen-bond donors (Lipinski definition) is 0. The molecule has 0 bridgehead atoms. The Bertz CT molecular complexity index is 601. The molecular formula is C19H27OPSi. The second kappa shape index (κ2) is 6.56. The molecule has 0 radical (unpaired) electrons. The molecule has 0 aliphatic heterocycles. The van der Waals surface area contributed by atoms with E-state index in [9.17, 15) is 4.57 Å². The highest BCUT2D eigenvalue weighted by atomic mass is 31.2. The van der Waals surface area contributed by atoms with E-state index >= 15 is 0 Å². The topological polar surface area (TPSA) is 17.1 Å². The highest BCUT2D eigenvalue weighted by Gasteiger charge is 2.45. The van der Waals surface area contributed by atoms with E-state index in [2.05, 4.69) is 33.5 Å². The molecular weight excluding hydrogens is 303 g/mol. The molecule has 0 saturated carbocycles. The molecule has 2 rings (SSSR count). The van der Waals surface area contributed by atoms with Crippen molar-refractivity contribution in [2.75, 3.05) is 0 Å². The zero-order valence-electron chi connectivity index (χ0n) is 14.3. The van der Waals surface area contributed by atoms with Gasteiger partial charge in [-0.25, -0.2) is 0 Å². The highest BCUT2D eigenvalue weighted by molar-refractivity contribution is 7.81. The van der Waals surface area contributed by atoms with Crippen molar-refractivity contribution < 1.29 is 4.57 Å². The van der Waals surface area contributed by atoms with Crippen LogP contribution in [0.2, 0.25) is 19.6 Å². The van der Waals surface area contributed by atoms with Gasteiger partial charge in [-0.1, -0.05) is 94.2 Å². The number of hydrogen-bond acceptors (Lipinski definition) is 1. The van der Waals surface area contributed by atoms with Gasteiger partial charge in [0.25, 0.3) is 0 Å². The third-order valence-corrected chi connectivity index (χ3v) is 13.6. The first-order chi connectivity index (χ1) is 10.3. The molecule has 22 heavy (non-hydrogen) atoms. The van der Waals surface area contributed by atoms with Crippen molar-refractivity contribution in [2.45, 2.75) is 38.8 Å². The first-order valence-corrected chi connectivity index (χ1v) is 13.3. The minimum Gasteiger partial charge on any atom is -0.314 e. The van der Waals surface area contributed by atoms with Crippen molar-refractivity contribution in [3.8, 4) is 0 Å². The summed E-state index contributed by atoms with van der Waals surface area (Å²) in [5.74, 6) is 0.401. The standard InChI is InChI=1S/C19H27OPSi/c1-16(2)19(22(3,4)5)21(20,17-12-8-6-9-13-17)18-14-10-7-11-15-18/h6-16,19H,1-5H3. The van der Waals surface area contributed by atoms with Crippen LogP contribution >= 0.6 is 7.14 Å². The van der Waals surface area contributed by atoms with Gasteiger partial charge in [-0.05, 0) is 5.92 Å². The van der Waals surface area contributed by atoms with Gasteiger partial charge in [0.05, 0.1) is 8.07 Å². The Morgan fingerprint density at radius 3 is 1.41 bits per heavy atom. The summed E-state index contributed by atoms with van der Waals surface area (Å²) in [6, 6.07) is 20.2. The molecule has 2 aromatic carbocycles. The van der Waals surface area contributed by atoms with Gasteiger partial charge in [-0.3, -0.25) is 0 Å². The maximum atomic E-state index is 14.4. The van der Waals surface area contributed by atoms with Crippen LogP contribution in [0.3, 0.4) is 0 Å². The third-order valence-electron chi connectivity index (χ3n) is 4.19. The van der Waals surface area contributed by atoms with Crippen LogP contribution in [0.15, 0.2) is 60.7 Å². The molecule has 1 unspecified atom stereocenters. The molecule has 118 valence electrons. The smallest absolute Gasteiger partial charge is 0.143 e. The molecule has 1 nitrogen and oxygen atoms in total. The van der Waals surface area contributed by atoms with Crippen LogP contribution < -0.4 is 10.6 Å². The van der Waals surface area contributed by atoms with E-state index in [1.54, 1.807) is 0 Å². The normalized spacial score (nSPS) is 14.1. The van der Waals surface area contributed by atoms with E-state index in [0.29, 0.717) is 5.92 Å². The average Bonchev–Trinajstić information content (AvgIpc) is 2.47. The first kappa shape index (κ1) is 17.2. The number of rotatable bonds is 5. The monoisotopic (exact) mass is 330 g/mol. The SMILES string of the molecule is CC(C)C([Si](C)(C)C)P(=O)(c1ccccc1)c1ccccc1. The zero-order chi connectivity index (χ0) is 16.4. The first-order valence-electron chi connectivity index (χ1n) is 7.99. The Balaban J connectivity index is 2.74. The van der Waals surface area contributed by atoms with E-state index < -0.39 is 15.2 Å². The average molecular weight is 330 g/mol. The minimum atomic E-state index is -2.65. The van der Waals surface area contributed by atoms with E-state index in [1.165, 1.54) is 0 Å². The van der Waals surface area contributed by atoms with Crippen molar-refractivity contribution in [3.05, 3.63) is 60.7 Å². The fraction of sp³-hybridized carbons (Fsp3) is 0.368. The van der Waals surface area contributed by atoms with E-state index in [-0.39, 0.29) is 5.28 Å². The van der Waals surface area contributed by atoms with Gasteiger partial charge in [-0.2, -0.15) is 0 Å². The molecule has 0 aromatic heterocycles. The van der Waals surface area contributed by atoms with Gasteiger partial charge < -0.3 is 4.57 Å². The van der Waals surface area contributed by atoms with Crippen LogP contribution in [0.4, 0.5) is 0 Å². The summed E-state index contributed by atoms with van der Waals surface area (Å²) in [4.78, 5) is 0. The zero-order valence-corrected chi connectivity index (χ0v) is 16.2. The molecule has 2 aromatic rings. The Kier molecular flexibility index (Phi) is 5.14. The summed E-state index contributed by atoms with van der Waals surface area (Å²) in [5, 5.41) is 2.24. The summed E-state index contributed by atoms with van der Waals surface area (Å²) in [6.07, 6.45) is 0. The van der Waals surface area contributed by atoms with Crippen molar-refractivity contribution in [2.24, 2.45) is 5.92 Å². The van der Waals surface area contributed by atoms with E-state index in [0.717, 1.165) is 10.6 Å². The van der Waals surface area contributed by atoms with Crippen molar-refractivity contribution in [1.82, 2.24) is 0 Å². The molecule has 3 heteroatoms. The van der Waals surface area contributed by atoms with Crippen LogP contribution in [0.25, 0.3) is 0 Å². The van der Waals surface area contributed by atoms with E-state index in [1.807, 2.05) is 60.7 Å². The van der Waals surface area contributed by atoms with Crippen LogP contribution in [0, 0.1) is 5.92 Å². The Labute approximate surface area is 136 Å². The number of benzene rings is 2. The lowest BCUT2D eigenvalue weighted by molar-refractivity contribution is 0.569. The van der Waals surface area contributed by atoms with Crippen LogP contribution in [-0.4, -0.2) is 13.4 Å². The molecule has 0 N–H and O–H groups in total. The fourth-order valence-corrected chi connectivity index (χ4v) is 14.0. The molecule has 0 amide bonds. The Morgan fingerprint density at radius 1 is 0.773 bits per heavy atom. The quantitative estimate of drug-likeness (QED) is 0.563. The molecule has 0 heterocycles. The lowest BCUT2D eigenvalue weighted by atomic mass is 10.3.